The summed E-state index contributed by atoms with van der Waals surface area (Å²) in [6.45, 7) is -0.250. The third-order valence-corrected chi connectivity index (χ3v) is 5.07. The fraction of sp³-hybridized carbons (Fsp3) is 0.211. The molecule has 2 saturated heterocycles. The van der Waals surface area contributed by atoms with Crippen LogP contribution in [0.15, 0.2) is 60.7 Å². The first-order valence-electron chi connectivity index (χ1n) is 8.26. The van der Waals surface area contributed by atoms with Crippen molar-refractivity contribution in [1.82, 2.24) is 20.4 Å². The molecule has 2 aromatic rings. The van der Waals surface area contributed by atoms with E-state index in [2.05, 4.69) is 10.6 Å². The number of nitrogens with one attached hydrogen (secondary N) is 2. The second kappa shape index (κ2) is 6.64. The van der Waals surface area contributed by atoms with Gasteiger partial charge in [-0.1, -0.05) is 60.7 Å². The Labute approximate surface area is 156 Å². The maximum atomic E-state index is 12.6. The molecule has 2 heterocycles. The van der Waals surface area contributed by atoms with Crippen molar-refractivity contribution < 1.29 is 19.5 Å². The Morgan fingerprint density at radius 3 is 1.59 bits per heavy atom. The van der Waals surface area contributed by atoms with Gasteiger partial charge in [-0.3, -0.25) is 14.6 Å². The average Bonchev–Trinajstić information content (AvgIpc) is 3.05. The van der Waals surface area contributed by atoms with E-state index in [9.17, 15) is 9.59 Å². The summed E-state index contributed by atoms with van der Waals surface area (Å²) in [5.74, 6) is 0. The van der Waals surface area contributed by atoms with Gasteiger partial charge in [-0.15, -0.1) is 0 Å². The first-order chi connectivity index (χ1) is 13.0. The van der Waals surface area contributed by atoms with Crippen LogP contribution in [0.1, 0.15) is 11.1 Å². The van der Waals surface area contributed by atoms with Crippen molar-refractivity contribution >= 4 is 18.5 Å². The van der Waals surface area contributed by atoms with Gasteiger partial charge < -0.3 is 15.7 Å². The van der Waals surface area contributed by atoms with E-state index in [1.807, 2.05) is 60.7 Å². The third kappa shape index (κ3) is 2.33. The molecule has 0 saturated carbocycles. The molecule has 27 heavy (non-hydrogen) atoms. The molecule has 0 bridgehead atoms. The van der Waals surface area contributed by atoms with Crippen molar-refractivity contribution in [1.29, 1.82) is 0 Å². The van der Waals surface area contributed by atoms with E-state index in [0.717, 1.165) is 11.1 Å². The molecule has 2 aromatic carbocycles. The van der Waals surface area contributed by atoms with Gasteiger partial charge in [0.05, 0.1) is 0 Å². The summed E-state index contributed by atoms with van der Waals surface area (Å²) in [6.07, 6.45) is 0. The first-order valence-corrected chi connectivity index (χ1v) is 8.26. The zero-order chi connectivity index (χ0) is 19.7. The van der Waals surface area contributed by atoms with E-state index in [0.29, 0.717) is 0 Å². The summed E-state index contributed by atoms with van der Waals surface area (Å²) in [5.41, 5.74) is -0.378. The fourth-order valence-electron chi connectivity index (χ4n) is 4.02. The van der Waals surface area contributed by atoms with Crippen molar-refractivity contribution in [3.05, 3.63) is 71.8 Å². The highest BCUT2D eigenvalue weighted by Gasteiger charge is 2.72. The third-order valence-electron chi connectivity index (χ3n) is 5.07. The number of hydrogen-bond acceptors (Lipinski definition) is 3. The Bertz CT molecular complexity index is 833. The standard InChI is InChI=1S/C18H18N4O2.CH2O2/c1-21-15(23)19-17(13-9-5-3-6-10-13)18(21,22(2)16(24)20-17)14-11-7-4-8-12-14;2-1-3/h3-12H,1-2H3,(H,19,23)(H,20,24);1H,(H,2,3). The molecule has 4 rings (SSSR count). The number of carboxylic acid groups (broad SMARTS) is 1. The molecule has 0 aliphatic carbocycles. The largest absolute Gasteiger partial charge is 0.483 e. The molecule has 0 atom stereocenters. The molecule has 8 nitrogen and oxygen atoms in total. The van der Waals surface area contributed by atoms with Gasteiger partial charge in [-0.05, 0) is 0 Å². The number of carbonyl (C=O) groups is 3. The highest BCUT2D eigenvalue weighted by Crippen LogP contribution is 2.52. The van der Waals surface area contributed by atoms with E-state index in [-0.39, 0.29) is 18.5 Å². The van der Waals surface area contributed by atoms with Gasteiger partial charge in [0, 0.05) is 25.2 Å². The molecule has 140 valence electrons. The van der Waals surface area contributed by atoms with Crippen molar-refractivity contribution in [2.75, 3.05) is 14.1 Å². The van der Waals surface area contributed by atoms with Crippen LogP contribution in [0, 0.1) is 0 Å². The Kier molecular flexibility index (Phi) is 4.49. The molecular formula is C19H20N4O4. The molecule has 8 heteroatoms. The number of hydrogen-bond donors (Lipinski definition) is 3. The summed E-state index contributed by atoms with van der Waals surface area (Å²) >= 11 is 0. The minimum atomic E-state index is -1.06. The van der Waals surface area contributed by atoms with Crippen molar-refractivity contribution in [3.63, 3.8) is 0 Å². The molecule has 0 aromatic heterocycles. The van der Waals surface area contributed by atoms with Gasteiger partial charge in [-0.2, -0.15) is 0 Å². The lowest BCUT2D eigenvalue weighted by atomic mass is 9.81. The van der Waals surface area contributed by atoms with Gasteiger partial charge in [0.25, 0.3) is 6.47 Å². The van der Waals surface area contributed by atoms with Gasteiger partial charge in [0.1, 0.15) is 0 Å². The van der Waals surface area contributed by atoms with Crippen LogP contribution in [0.2, 0.25) is 0 Å². The number of benzene rings is 2. The SMILES string of the molecule is CN1C(=O)NC2(c3ccccc3)NC(=O)N(C)C12c1ccccc1.O=CO. The molecule has 0 radical (unpaired) electrons. The monoisotopic (exact) mass is 368 g/mol. The quantitative estimate of drug-likeness (QED) is 0.702. The lowest BCUT2D eigenvalue weighted by molar-refractivity contribution is -0.122. The normalized spacial score (nSPS) is 25.9. The van der Waals surface area contributed by atoms with Crippen LogP contribution < -0.4 is 10.6 Å². The number of amides is 4. The maximum Gasteiger partial charge on any atom is 0.321 e. The average molecular weight is 368 g/mol. The Morgan fingerprint density at radius 2 is 1.19 bits per heavy atom. The van der Waals surface area contributed by atoms with Crippen molar-refractivity contribution in [2.45, 2.75) is 11.3 Å². The first kappa shape index (κ1) is 18.2. The number of carbonyl (C=O) groups excluding carboxylic acids is 2. The highest BCUT2D eigenvalue weighted by molar-refractivity contribution is 5.89. The fourth-order valence-corrected chi connectivity index (χ4v) is 4.02. The van der Waals surface area contributed by atoms with Gasteiger partial charge >= 0.3 is 12.1 Å². The summed E-state index contributed by atoms with van der Waals surface area (Å²) in [5, 5.41) is 12.9. The summed E-state index contributed by atoms with van der Waals surface area (Å²) < 4.78 is 0. The van der Waals surface area contributed by atoms with Crippen LogP contribution in [0.3, 0.4) is 0 Å². The molecule has 2 aliphatic heterocycles. The number of likely N-dealkylation sites (N-methyl/N-ethyl adjacent to an activating group) is 2. The predicted octanol–water partition coefficient (Wildman–Crippen LogP) is 1.70. The van der Waals surface area contributed by atoms with Crippen molar-refractivity contribution in [2.24, 2.45) is 0 Å². The minimum Gasteiger partial charge on any atom is -0.483 e. The molecule has 3 N–H and O–H groups in total. The van der Waals surface area contributed by atoms with Gasteiger partial charge in [0.15, 0.2) is 11.3 Å². The second-order valence-corrected chi connectivity index (χ2v) is 6.24. The van der Waals surface area contributed by atoms with Crippen LogP contribution in [0.25, 0.3) is 0 Å². The Balaban J connectivity index is 0.000000659. The van der Waals surface area contributed by atoms with Crippen LogP contribution in [0.5, 0.6) is 0 Å². The highest BCUT2D eigenvalue weighted by atomic mass is 16.3. The number of rotatable bonds is 2. The number of fused-ring (bicyclic) bond motifs is 1. The second-order valence-electron chi connectivity index (χ2n) is 6.24. The number of urea groups is 2. The Hall–Kier alpha value is -3.55. The van der Waals surface area contributed by atoms with E-state index in [4.69, 9.17) is 9.90 Å². The predicted molar refractivity (Wildman–Crippen MR) is 97.5 cm³/mol. The van der Waals surface area contributed by atoms with Crippen LogP contribution in [-0.4, -0.2) is 47.5 Å². The van der Waals surface area contributed by atoms with Gasteiger partial charge in [0.2, 0.25) is 0 Å². The molecule has 0 unspecified atom stereocenters. The summed E-state index contributed by atoms with van der Waals surface area (Å²) in [6, 6.07) is 18.7. The van der Waals surface area contributed by atoms with Crippen LogP contribution in [0.4, 0.5) is 9.59 Å². The molecule has 2 fully saturated rings. The Morgan fingerprint density at radius 1 is 0.815 bits per heavy atom. The topological polar surface area (TPSA) is 102 Å². The molecule has 4 amide bonds. The van der Waals surface area contributed by atoms with E-state index in [1.165, 1.54) is 0 Å². The van der Waals surface area contributed by atoms with E-state index in [1.54, 1.807) is 23.9 Å². The van der Waals surface area contributed by atoms with E-state index >= 15 is 0 Å². The maximum absolute atomic E-state index is 12.6. The minimum absolute atomic E-state index is 0.241. The number of nitrogens with zero attached hydrogens (tertiary/aromatic N) is 2. The lowest BCUT2D eigenvalue weighted by Crippen LogP contribution is -2.61. The summed E-state index contributed by atoms with van der Waals surface area (Å²) in [7, 11) is 3.42. The van der Waals surface area contributed by atoms with Crippen LogP contribution >= 0.6 is 0 Å². The van der Waals surface area contributed by atoms with Crippen molar-refractivity contribution in [3.8, 4) is 0 Å². The van der Waals surface area contributed by atoms with Gasteiger partial charge in [-0.25, -0.2) is 9.59 Å². The lowest BCUT2D eigenvalue weighted by Gasteiger charge is -2.44. The molecule has 0 spiro atoms. The zero-order valence-electron chi connectivity index (χ0n) is 14.9. The summed E-state index contributed by atoms with van der Waals surface area (Å²) in [4.78, 5) is 36.8. The molecule has 2 aliphatic rings. The zero-order valence-corrected chi connectivity index (χ0v) is 14.9. The van der Waals surface area contributed by atoms with E-state index < -0.39 is 11.3 Å². The smallest absolute Gasteiger partial charge is 0.321 e. The van der Waals surface area contributed by atoms with Crippen LogP contribution in [-0.2, 0) is 16.1 Å². The molecular weight excluding hydrogens is 348 g/mol.